The number of carbonyl (C=O) groups excluding carboxylic acids is 1. The number of nitro groups is 1. The summed E-state index contributed by atoms with van der Waals surface area (Å²) in [7, 11) is 0. The first-order valence-corrected chi connectivity index (χ1v) is 8.05. The SMILES string of the molecule is CSc1cnn(-c2ccccc2)c1NC(=O)c1ccc([N+](=O)[O-])o1. The molecule has 2 aromatic heterocycles. The summed E-state index contributed by atoms with van der Waals surface area (Å²) in [6, 6.07) is 11.7. The molecular weight excluding hydrogens is 332 g/mol. The Morgan fingerprint density at radius 3 is 2.67 bits per heavy atom. The third-order valence-corrected chi connectivity index (χ3v) is 3.92. The maximum Gasteiger partial charge on any atom is 0.433 e. The molecule has 0 aliphatic carbocycles. The van der Waals surface area contributed by atoms with Gasteiger partial charge in [-0.3, -0.25) is 14.9 Å². The Kier molecular flexibility index (Phi) is 4.34. The second-order valence-corrected chi connectivity index (χ2v) is 5.51. The lowest BCUT2D eigenvalue weighted by atomic mass is 10.3. The normalized spacial score (nSPS) is 10.5. The van der Waals surface area contributed by atoms with Gasteiger partial charge in [-0.1, -0.05) is 18.2 Å². The van der Waals surface area contributed by atoms with E-state index in [0.717, 1.165) is 16.6 Å². The summed E-state index contributed by atoms with van der Waals surface area (Å²) >= 11 is 1.42. The molecule has 2 heterocycles. The van der Waals surface area contributed by atoms with Gasteiger partial charge in [0.15, 0.2) is 5.76 Å². The lowest BCUT2D eigenvalue weighted by Gasteiger charge is -2.09. The van der Waals surface area contributed by atoms with Gasteiger partial charge in [-0.05, 0) is 24.5 Å². The van der Waals surface area contributed by atoms with Crippen LogP contribution in [0.1, 0.15) is 10.6 Å². The number of amides is 1. The van der Waals surface area contributed by atoms with Gasteiger partial charge in [0, 0.05) is 0 Å². The molecule has 0 radical (unpaired) electrons. The van der Waals surface area contributed by atoms with Gasteiger partial charge in [0.1, 0.15) is 10.7 Å². The Morgan fingerprint density at radius 2 is 2.04 bits per heavy atom. The largest absolute Gasteiger partial charge is 0.433 e. The molecule has 0 saturated heterocycles. The van der Waals surface area contributed by atoms with Gasteiger partial charge >= 0.3 is 5.88 Å². The fourth-order valence-corrected chi connectivity index (χ4v) is 2.56. The summed E-state index contributed by atoms with van der Waals surface area (Å²) in [5.74, 6) is -0.745. The molecule has 0 aliphatic heterocycles. The van der Waals surface area contributed by atoms with Gasteiger partial charge in [0.25, 0.3) is 5.91 Å². The average molecular weight is 344 g/mol. The van der Waals surface area contributed by atoms with E-state index in [2.05, 4.69) is 10.4 Å². The maximum atomic E-state index is 12.3. The summed E-state index contributed by atoms with van der Waals surface area (Å²) in [5.41, 5.74) is 0.776. The highest BCUT2D eigenvalue weighted by molar-refractivity contribution is 7.98. The minimum Gasteiger partial charge on any atom is -0.395 e. The number of aromatic nitrogens is 2. The van der Waals surface area contributed by atoms with E-state index >= 15 is 0 Å². The third-order valence-electron chi connectivity index (χ3n) is 3.18. The monoisotopic (exact) mass is 344 g/mol. The number of benzene rings is 1. The van der Waals surface area contributed by atoms with Crippen molar-refractivity contribution in [1.29, 1.82) is 0 Å². The smallest absolute Gasteiger partial charge is 0.395 e. The number of furan rings is 1. The minimum absolute atomic E-state index is 0.144. The van der Waals surface area contributed by atoms with Crippen LogP contribution in [-0.2, 0) is 0 Å². The summed E-state index contributed by atoms with van der Waals surface area (Å²) in [5, 5.41) is 17.6. The maximum absolute atomic E-state index is 12.3. The van der Waals surface area contributed by atoms with Gasteiger partial charge in [0.2, 0.25) is 0 Å². The number of para-hydroxylation sites is 1. The average Bonchev–Trinajstić information content (AvgIpc) is 3.22. The fourth-order valence-electron chi connectivity index (χ4n) is 2.08. The van der Waals surface area contributed by atoms with Crippen molar-refractivity contribution >= 4 is 29.4 Å². The summed E-state index contributed by atoms with van der Waals surface area (Å²) in [6.07, 6.45) is 3.50. The van der Waals surface area contributed by atoms with Gasteiger partial charge in [-0.2, -0.15) is 5.10 Å². The van der Waals surface area contributed by atoms with Gasteiger partial charge in [0.05, 0.1) is 22.8 Å². The van der Waals surface area contributed by atoms with Crippen LogP contribution in [0.15, 0.2) is 58.0 Å². The van der Waals surface area contributed by atoms with Crippen molar-refractivity contribution in [1.82, 2.24) is 9.78 Å². The van der Waals surface area contributed by atoms with Crippen LogP contribution >= 0.6 is 11.8 Å². The van der Waals surface area contributed by atoms with E-state index in [-0.39, 0.29) is 5.76 Å². The van der Waals surface area contributed by atoms with Crippen molar-refractivity contribution in [3.8, 4) is 5.69 Å². The van der Waals surface area contributed by atoms with Crippen LogP contribution in [0.4, 0.5) is 11.7 Å². The van der Waals surface area contributed by atoms with E-state index in [1.807, 2.05) is 36.6 Å². The number of hydrogen-bond donors (Lipinski definition) is 1. The highest BCUT2D eigenvalue weighted by Gasteiger charge is 2.20. The van der Waals surface area contributed by atoms with Crippen LogP contribution in [0.5, 0.6) is 0 Å². The number of nitrogens with one attached hydrogen (secondary N) is 1. The second kappa shape index (κ2) is 6.59. The molecular formula is C15H12N4O4S. The first kappa shape index (κ1) is 15.8. The van der Waals surface area contributed by atoms with Crippen molar-refractivity contribution in [2.45, 2.75) is 4.90 Å². The predicted molar refractivity (Wildman–Crippen MR) is 88.7 cm³/mol. The molecule has 3 aromatic rings. The minimum atomic E-state index is -0.696. The molecule has 1 N–H and O–H groups in total. The van der Waals surface area contributed by atoms with Gasteiger partial charge in [-0.25, -0.2) is 4.68 Å². The quantitative estimate of drug-likeness (QED) is 0.432. The van der Waals surface area contributed by atoms with Gasteiger partial charge in [-0.15, -0.1) is 11.8 Å². The van der Waals surface area contributed by atoms with Crippen LogP contribution in [0.2, 0.25) is 0 Å². The second-order valence-electron chi connectivity index (χ2n) is 4.66. The Bertz CT molecular complexity index is 888. The zero-order valence-electron chi connectivity index (χ0n) is 12.5. The van der Waals surface area contributed by atoms with Crippen molar-refractivity contribution in [3.63, 3.8) is 0 Å². The topological polar surface area (TPSA) is 103 Å². The number of thioether (sulfide) groups is 1. The number of hydrogen-bond acceptors (Lipinski definition) is 6. The lowest BCUT2D eigenvalue weighted by Crippen LogP contribution is -2.15. The van der Waals surface area contributed by atoms with Gasteiger partial charge < -0.3 is 9.73 Å². The Hall–Kier alpha value is -3.07. The Labute approximate surface area is 140 Å². The summed E-state index contributed by atoms with van der Waals surface area (Å²) in [6.45, 7) is 0. The van der Waals surface area contributed by atoms with E-state index in [0.29, 0.717) is 5.82 Å². The molecule has 24 heavy (non-hydrogen) atoms. The molecule has 0 spiro atoms. The summed E-state index contributed by atoms with van der Waals surface area (Å²) in [4.78, 5) is 23.0. The zero-order chi connectivity index (χ0) is 17.1. The highest BCUT2D eigenvalue weighted by Crippen LogP contribution is 2.28. The molecule has 1 aromatic carbocycles. The van der Waals surface area contributed by atoms with E-state index < -0.39 is 16.7 Å². The highest BCUT2D eigenvalue weighted by atomic mass is 32.2. The Balaban J connectivity index is 1.92. The van der Waals surface area contributed by atoms with Crippen LogP contribution in [0.25, 0.3) is 5.69 Å². The molecule has 9 heteroatoms. The van der Waals surface area contributed by atoms with Crippen molar-refractivity contribution < 1.29 is 14.1 Å². The lowest BCUT2D eigenvalue weighted by molar-refractivity contribution is -0.402. The molecule has 1 amide bonds. The molecule has 3 rings (SSSR count). The third kappa shape index (κ3) is 3.01. The number of rotatable bonds is 5. The Morgan fingerprint density at radius 1 is 1.29 bits per heavy atom. The molecule has 8 nitrogen and oxygen atoms in total. The van der Waals surface area contributed by atoms with Crippen LogP contribution in [-0.4, -0.2) is 26.9 Å². The molecule has 0 atom stereocenters. The zero-order valence-corrected chi connectivity index (χ0v) is 13.3. The van der Waals surface area contributed by atoms with Crippen molar-refractivity contribution in [3.05, 3.63) is 64.5 Å². The van der Waals surface area contributed by atoms with E-state index in [9.17, 15) is 14.9 Å². The van der Waals surface area contributed by atoms with Crippen LogP contribution in [0.3, 0.4) is 0 Å². The van der Waals surface area contributed by atoms with Crippen LogP contribution in [0, 0.1) is 10.1 Å². The number of carbonyl (C=O) groups is 1. The molecule has 0 fully saturated rings. The molecule has 0 aliphatic rings. The number of nitrogens with zero attached hydrogens (tertiary/aromatic N) is 3. The van der Waals surface area contributed by atoms with Crippen molar-refractivity contribution in [2.75, 3.05) is 11.6 Å². The van der Waals surface area contributed by atoms with E-state index in [1.54, 1.807) is 10.9 Å². The first-order valence-electron chi connectivity index (χ1n) is 6.83. The van der Waals surface area contributed by atoms with E-state index in [4.69, 9.17) is 4.42 Å². The molecule has 0 bridgehead atoms. The molecule has 0 saturated carbocycles. The predicted octanol–water partition coefficient (Wildman–Crippen LogP) is 3.35. The van der Waals surface area contributed by atoms with Crippen molar-refractivity contribution in [2.24, 2.45) is 0 Å². The molecule has 122 valence electrons. The van der Waals surface area contributed by atoms with Crippen LogP contribution < -0.4 is 5.32 Å². The van der Waals surface area contributed by atoms with E-state index in [1.165, 1.54) is 17.8 Å². The first-order chi connectivity index (χ1) is 11.6. The molecule has 0 unspecified atom stereocenters. The fraction of sp³-hybridized carbons (Fsp3) is 0.0667. The number of anilines is 1. The summed E-state index contributed by atoms with van der Waals surface area (Å²) < 4.78 is 6.51. The standard InChI is InChI=1S/C15H12N4O4S/c1-24-12-9-16-18(10-5-3-2-4-6-10)14(12)17-15(20)11-7-8-13(23-11)19(21)22/h2-9H,1H3,(H,17,20).